The minimum atomic E-state index is -3.67. The minimum absolute atomic E-state index is 0.108. The summed E-state index contributed by atoms with van der Waals surface area (Å²) < 4.78 is 28.0. The van der Waals surface area contributed by atoms with Crippen LogP contribution >= 0.6 is 23.2 Å². The van der Waals surface area contributed by atoms with E-state index in [4.69, 9.17) is 23.2 Å². The van der Waals surface area contributed by atoms with E-state index in [0.29, 0.717) is 10.9 Å². The summed E-state index contributed by atoms with van der Waals surface area (Å²) in [7, 11) is -3.67. The molecule has 0 radical (unpaired) electrons. The first-order valence-corrected chi connectivity index (χ1v) is 9.23. The van der Waals surface area contributed by atoms with E-state index in [-0.39, 0.29) is 16.0 Å². The second kappa shape index (κ2) is 6.20. The average Bonchev–Trinajstić information content (AvgIpc) is 3.31. The highest BCUT2D eigenvalue weighted by atomic mass is 35.5. The molecule has 6 heteroatoms. The quantitative estimate of drug-likeness (QED) is 0.862. The van der Waals surface area contributed by atoms with E-state index in [9.17, 15) is 8.42 Å². The molecule has 1 atom stereocenters. The van der Waals surface area contributed by atoms with Gasteiger partial charge >= 0.3 is 0 Å². The van der Waals surface area contributed by atoms with Crippen LogP contribution in [0.2, 0.25) is 10.0 Å². The summed E-state index contributed by atoms with van der Waals surface area (Å²) in [5.41, 5.74) is 0.919. The molecule has 2 aromatic carbocycles. The van der Waals surface area contributed by atoms with Crippen molar-refractivity contribution in [3.05, 3.63) is 64.1 Å². The number of hydrogen-bond donors (Lipinski definition) is 1. The van der Waals surface area contributed by atoms with Crippen LogP contribution in [0.3, 0.4) is 0 Å². The predicted octanol–water partition coefficient (Wildman–Crippen LogP) is 4.42. The summed E-state index contributed by atoms with van der Waals surface area (Å²) in [6.07, 6.45) is 2.02. The zero-order valence-electron chi connectivity index (χ0n) is 11.7. The molecule has 1 aliphatic rings. The molecular formula is C16H15Cl2NO2S. The van der Waals surface area contributed by atoms with Crippen LogP contribution in [0.4, 0.5) is 0 Å². The Morgan fingerprint density at radius 3 is 2.23 bits per heavy atom. The van der Waals surface area contributed by atoms with E-state index >= 15 is 0 Å². The monoisotopic (exact) mass is 355 g/mol. The fourth-order valence-corrected chi connectivity index (χ4v) is 4.37. The average molecular weight is 356 g/mol. The van der Waals surface area contributed by atoms with Gasteiger partial charge in [0, 0.05) is 11.1 Å². The van der Waals surface area contributed by atoms with Gasteiger partial charge in [0.2, 0.25) is 10.0 Å². The Bertz CT molecular complexity index is 771. The van der Waals surface area contributed by atoms with Gasteiger partial charge in [-0.3, -0.25) is 0 Å². The van der Waals surface area contributed by atoms with Gasteiger partial charge in [-0.15, -0.1) is 0 Å². The lowest BCUT2D eigenvalue weighted by Gasteiger charge is -2.19. The maximum Gasteiger partial charge on any atom is 0.242 e. The predicted molar refractivity (Wildman–Crippen MR) is 88.7 cm³/mol. The molecule has 2 aromatic rings. The van der Waals surface area contributed by atoms with Gasteiger partial charge in [-0.1, -0.05) is 47.5 Å². The summed E-state index contributed by atoms with van der Waals surface area (Å²) in [4.78, 5) is 0.108. The first-order valence-electron chi connectivity index (χ1n) is 7.00. The lowest BCUT2D eigenvalue weighted by Crippen LogP contribution is -2.30. The normalized spacial score (nSPS) is 16.5. The van der Waals surface area contributed by atoms with Gasteiger partial charge in [0.25, 0.3) is 0 Å². The first-order chi connectivity index (χ1) is 10.5. The lowest BCUT2D eigenvalue weighted by molar-refractivity contribution is 0.529. The van der Waals surface area contributed by atoms with Crippen LogP contribution in [0.5, 0.6) is 0 Å². The maximum absolute atomic E-state index is 12.6. The fraction of sp³-hybridized carbons (Fsp3) is 0.250. The molecule has 0 bridgehead atoms. The molecule has 0 aliphatic heterocycles. The molecule has 1 aliphatic carbocycles. The molecule has 0 saturated heterocycles. The summed E-state index contributed by atoms with van der Waals surface area (Å²) in [5.74, 6) is 0.318. The summed E-state index contributed by atoms with van der Waals surface area (Å²) >= 11 is 11.9. The molecule has 116 valence electrons. The summed E-state index contributed by atoms with van der Waals surface area (Å²) in [5, 5.41) is 0.855. The standard InChI is InChI=1S/C16H15Cl2NO2S/c17-13-9-7-12(8-10-13)16(11-5-6-11)19-22(20,21)15-4-2-1-3-14(15)18/h1-4,7-11,16,19H,5-6H2/t16-/m1/s1. The van der Waals surface area contributed by atoms with Crippen LogP contribution in [-0.2, 0) is 10.0 Å². The Labute approximate surface area is 140 Å². The Hall–Kier alpha value is -1.07. The Morgan fingerprint density at radius 1 is 1.00 bits per heavy atom. The van der Waals surface area contributed by atoms with Crippen LogP contribution in [0.25, 0.3) is 0 Å². The van der Waals surface area contributed by atoms with Crippen LogP contribution < -0.4 is 4.72 Å². The zero-order valence-corrected chi connectivity index (χ0v) is 14.0. The molecule has 1 saturated carbocycles. The van der Waals surface area contributed by atoms with Gasteiger partial charge in [0.15, 0.2) is 0 Å². The number of hydrogen-bond acceptors (Lipinski definition) is 2. The molecule has 0 unspecified atom stereocenters. The van der Waals surface area contributed by atoms with Crippen LogP contribution in [0.15, 0.2) is 53.4 Å². The van der Waals surface area contributed by atoms with E-state index in [1.165, 1.54) is 6.07 Å². The molecule has 3 nitrogen and oxygen atoms in total. The number of benzene rings is 2. The van der Waals surface area contributed by atoms with Crippen molar-refractivity contribution < 1.29 is 8.42 Å². The Morgan fingerprint density at radius 2 is 1.64 bits per heavy atom. The van der Waals surface area contributed by atoms with E-state index < -0.39 is 10.0 Å². The topological polar surface area (TPSA) is 46.2 Å². The van der Waals surface area contributed by atoms with Gasteiger partial charge in [-0.05, 0) is 48.6 Å². The third-order valence-corrected chi connectivity index (χ3v) is 5.92. The molecular weight excluding hydrogens is 341 g/mol. The van der Waals surface area contributed by atoms with Crippen molar-refractivity contribution in [2.75, 3.05) is 0 Å². The van der Waals surface area contributed by atoms with Crippen molar-refractivity contribution in [2.45, 2.75) is 23.8 Å². The number of halogens is 2. The van der Waals surface area contributed by atoms with E-state index in [1.54, 1.807) is 30.3 Å². The van der Waals surface area contributed by atoms with Crippen molar-refractivity contribution in [3.8, 4) is 0 Å². The third kappa shape index (κ3) is 3.46. The highest BCUT2D eigenvalue weighted by Gasteiger charge is 2.35. The van der Waals surface area contributed by atoms with Gasteiger partial charge < -0.3 is 0 Å². The SMILES string of the molecule is O=S(=O)(N[C@@H](c1ccc(Cl)cc1)C1CC1)c1ccccc1Cl. The molecule has 0 amide bonds. The smallest absolute Gasteiger partial charge is 0.207 e. The van der Waals surface area contributed by atoms with E-state index in [1.807, 2.05) is 12.1 Å². The van der Waals surface area contributed by atoms with Crippen molar-refractivity contribution in [3.63, 3.8) is 0 Å². The maximum atomic E-state index is 12.6. The lowest BCUT2D eigenvalue weighted by atomic mass is 10.0. The zero-order chi connectivity index (χ0) is 15.7. The summed E-state index contributed by atoms with van der Waals surface area (Å²) in [6.45, 7) is 0. The second-order valence-corrected chi connectivity index (χ2v) is 7.94. The van der Waals surface area contributed by atoms with Crippen LogP contribution in [0.1, 0.15) is 24.4 Å². The molecule has 3 rings (SSSR count). The van der Waals surface area contributed by atoms with E-state index in [2.05, 4.69) is 4.72 Å². The molecule has 0 spiro atoms. The molecule has 1 N–H and O–H groups in total. The number of rotatable bonds is 5. The van der Waals surface area contributed by atoms with Gasteiger partial charge in [-0.2, -0.15) is 0 Å². The number of sulfonamides is 1. The van der Waals surface area contributed by atoms with E-state index in [0.717, 1.165) is 18.4 Å². The van der Waals surface area contributed by atoms with Crippen molar-refractivity contribution in [2.24, 2.45) is 5.92 Å². The van der Waals surface area contributed by atoms with Gasteiger partial charge in [0.1, 0.15) is 4.90 Å². The largest absolute Gasteiger partial charge is 0.242 e. The van der Waals surface area contributed by atoms with Gasteiger partial charge in [0.05, 0.1) is 5.02 Å². The highest BCUT2D eigenvalue weighted by molar-refractivity contribution is 7.89. The number of nitrogens with one attached hydrogen (secondary N) is 1. The molecule has 1 fully saturated rings. The van der Waals surface area contributed by atoms with Crippen molar-refractivity contribution in [1.82, 2.24) is 4.72 Å². The Balaban J connectivity index is 1.91. The summed E-state index contributed by atoms with van der Waals surface area (Å²) in [6, 6.07) is 13.5. The highest BCUT2D eigenvalue weighted by Crippen LogP contribution is 2.42. The molecule has 0 heterocycles. The van der Waals surface area contributed by atoms with Crippen LogP contribution in [0, 0.1) is 5.92 Å². The third-order valence-electron chi connectivity index (χ3n) is 3.73. The second-order valence-electron chi connectivity index (χ2n) is 5.42. The first kappa shape index (κ1) is 15.8. The Kier molecular flexibility index (Phi) is 4.46. The molecule has 22 heavy (non-hydrogen) atoms. The van der Waals surface area contributed by atoms with Gasteiger partial charge in [-0.25, -0.2) is 13.1 Å². The minimum Gasteiger partial charge on any atom is -0.207 e. The molecule has 0 aromatic heterocycles. The van der Waals surface area contributed by atoms with Crippen molar-refractivity contribution >= 4 is 33.2 Å². The fourth-order valence-electron chi connectivity index (χ4n) is 2.43. The van der Waals surface area contributed by atoms with Crippen molar-refractivity contribution in [1.29, 1.82) is 0 Å². The van der Waals surface area contributed by atoms with Crippen LogP contribution in [-0.4, -0.2) is 8.42 Å².